The molecule has 10 rings (SSSR count). The predicted octanol–water partition coefficient (Wildman–Crippen LogP) is 4.59. The molecular formula is C66H67BF6N12NaO11. The molecule has 0 spiro atoms. The van der Waals surface area contributed by atoms with Gasteiger partial charge in [-0.3, -0.25) is 29.0 Å². The topological polar surface area (TPSA) is 278 Å². The van der Waals surface area contributed by atoms with Crippen LogP contribution in [0.3, 0.4) is 0 Å². The number of anilines is 2. The minimum absolute atomic E-state index is 0. The Kier molecular flexibility index (Phi) is 31.5. The van der Waals surface area contributed by atoms with E-state index in [2.05, 4.69) is 92.1 Å². The van der Waals surface area contributed by atoms with Gasteiger partial charge in [0.05, 0.1) is 49.9 Å². The average Bonchev–Trinajstić information content (AvgIpc) is 1.81. The van der Waals surface area contributed by atoms with Gasteiger partial charge in [-0.2, -0.15) is 36.5 Å². The number of aryl methyl sites for hydroxylation is 2. The molecule has 2 fully saturated rings. The van der Waals surface area contributed by atoms with Crippen LogP contribution in [0.2, 0.25) is 0 Å². The van der Waals surface area contributed by atoms with Crippen LogP contribution in [0.5, 0.6) is 0 Å². The Morgan fingerprint density at radius 3 is 1.48 bits per heavy atom. The van der Waals surface area contributed by atoms with E-state index in [-0.39, 0.29) is 70.5 Å². The minimum Gasteiger partial charge on any atom is -0.793 e. The summed E-state index contributed by atoms with van der Waals surface area (Å²) in [6.07, 6.45) is -2.72. The smallest absolute Gasteiger partial charge is 0.793 e. The van der Waals surface area contributed by atoms with Crippen molar-refractivity contribution in [1.82, 2.24) is 44.3 Å². The molecular weight excluding hydrogens is 1280 g/mol. The van der Waals surface area contributed by atoms with E-state index in [0.29, 0.717) is 53.6 Å². The molecule has 8 aromatic rings. The van der Waals surface area contributed by atoms with Crippen LogP contribution in [0.15, 0.2) is 122 Å². The Hall–Kier alpha value is -9.34. The van der Waals surface area contributed by atoms with Crippen molar-refractivity contribution < 1.29 is 109 Å². The first-order chi connectivity index (χ1) is 45.9. The summed E-state index contributed by atoms with van der Waals surface area (Å²) < 4.78 is 98.5. The van der Waals surface area contributed by atoms with E-state index in [1.54, 1.807) is 88.4 Å². The van der Waals surface area contributed by atoms with Gasteiger partial charge in [-0.25, -0.2) is 38.4 Å². The van der Waals surface area contributed by atoms with Crippen molar-refractivity contribution in [1.29, 1.82) is 0 Å². The number of nitrogens with zero attached hydrogens (tertiary/aromatic N) is 8. The van der Waals surface area contributed by atoms with Crippen LogP contribution in [-0.2, 0) is 57.2 Å². The Morgan fingerprint density at radius 2 is 1.06 bits per heavy atom. The fraction of sp³-hybridized carbons (Fsp3) is 0.303. The van der Waals surface area contributed by atoms with Gasteiger partial charge in [-0.15, -0.1) is 0 Å². The van der Waals surface area contributed by atoms with Crippen molar-refractivity contribution in [2.24, 2.45) is 5.73 Å². The molecule has 23 nitrogen and oxygen atoms in total. The number of fused-ring (bicyclic) bond motifs is 2. The molecule has 0 atom stereocenters. The summed E-state index contributed by atoms with van der Waals surface area (Å²) in [6.45, 7) is 17.2. The van der Waals surface area contributed by atoms with Crippen LogP contribution in [0.1, 0.15) is 102 Å². The number of hydrogen-bond donors (Lipinski definition) is 4. The number of benzene rings is 4. The SMILES string of the molecule is CC(=O)OOC(C)=O.Cc1ccc(C(=O)Nc2ccc(C=O)c(C(F)(F)F)c2)cc1C#Cc1cnc2cccnn12.Cc1ccc(C(=O)Nc2ccc(CNCCN3CCOCC3)c(C(F)(F)F)c2)cc1C#Cc1cnc2cccnn12.NCCN1CCOCC1.[B-]OC(C)=O.[Na+]. The van der Waals surface area contributed by atoms with E-state index in [1.165, 1.54) is 25.1 Å². The number of hydrogen-bond acceptors (Lipinski definition) is 19. The van der Waals surface area contributed by atoms with Crippen LogP contribution in [0.4, 0.5) is 37.7 Å². The van der Waals surface area contributed by atoms with Gasteiger partial charge < -0.3 is 43.9 Å². The summed E-state index contributed by atoms with van der Waals surface area (Å²) in [5.41, 5.74) is 8.86. The van der Waals surface area contributed by atoms with Gasteiger partial charge in [0.2, 0.25) is 5.97 Å². The average molecular weight is 1350 g/mol. The molecule has 5 N–H and O–H groups in total. The second-order valence-corrected chi connectivity index (χ2v) is 20.8. The number of nitrogens with two attached hydrogens (primary N) is 1. The number of rotatable bonds is 12. The van der Waals surface area contributed by atoms with E-state index in [1.807, 2.05) is 19.9 Å². The summed E-state index contributed by atoms with van der Waals surface area (Å²) in [6, 6.07) is 23.8. The van der Waals surface area contributed by atoms with Crippen LogP contribution in [0.25, 0.3) is 11.3 Å². The van der Waals surface area contributed by atoms with Crippen molar-refractivity contribution in [2.45, 2.75) is 53.5 Å². The summed E-state index contributed by atoms with van der Waals surface area (Å²) in [4.78, 5) is 86.4. The molecule has 0 aliphatic carbocycles. The number of halogens is 6. The molecule has 3 radical (unpaired) electrons. The van der Waals surface area contributed by atoms with Gasteiger partial charge in [-0.05, 0) is 121 Å². The second-order valence-electron chi connectivity index (χ2n) is 20.8. The van der Waals surface area contributed by atoms with Crippen LogP contribution in [-0.4, -0.2) is 162 Å². The number of imidazole rings is 2. The number of aldehydes is 1. The zero-order valence-corrected chi connectivity index (χ0v) is 55.8. The van der Waals surface area contributed by atoms with Gasteiger partial charge >= 0.3 is 53.8 Å². The molecule has 0 bridgehead atoms. The number of carbonyl (C=O) groups is 6. The van der Waals surface area contributed by atoms with Crippen molar-refractivity contribution in [3.63, 3.8) is 0 Å². The molecule has 2 aliphatic heterocycles. The molecule has 2 aliphatic rings. The normalized spacial score (nSPS) is 12.8. The summed E-state index contributed by atoms with van der Waals surface area (Å²) in [5.74, 6) is 9.16. The van der Waals surface area contributed by atoms with E-state index in [0.717, 1.165) is 102 Å². The molecule has 4 aromatic carbocycles. The van der Waals surface area contributed by atoms with Crippen molar-refractivity contribution in [3.05, 3.63) is 189 Å². The van der Waals surface area contributed by atoms with Gasteiger partial charge in [-0.1, -0.05) is 30.0 Å². The Bertz CT molecular complexity index is 4100. The zero-order chi connectivity index (χ0) is 69.8. The number of carbonyl (C=O) groups excluding carboxylic acids is 6. The van der Waals surface area contributed by atoms with Gasteiger partial charge in [0, 0.05) is 131 Å². The largest absolute Gasteiger partial charge is 1.00 e. The third kappa shape index (κ3) is 25.6. The summed E-state index contributed by atoms with van der Waals surface area (Å²) in [7, 11) is 4.32. The standard InChI is InChI=1S/C30H29F3N6O2.C24H15F3N4O2.C6H14N2O.C4H6O4.C2H3BO2.Na/c1-21-4-5-23(17-22(21)7-9-26-20-35-28-3-2-10-36-39(26)28)29(40)37-25-8-6-24(27(18-25)30(31,32)33)19-34-11-12-38-13-15-41-16-14-38;1-15-4-5-17(11-16(15)7-9-20-13-28-22-3-2-10-29-31(20)22)23(33)30-19-8-6-18(14-32)21(12-19)24(25,26)27;7-1-2-8-3-5-9-6-4-8;1-3(5)7-8-4(2)6;1-2(4)5-3;/h2-6,8,10,17-18,20,34H,11-16,19H2,1H3,(H,37,40);2-6,8,10-14H,1H3,(H,30,33);1-7H2;1-2H3;1H3;/q;;;;-1;+1. The predicted molar refractivity (Wildman–Crippen MR) is 341 cm³/mol. The monoisotopic (exact) mass is 1350 g/mol. The molecule has 2 amide bonds. The van der Waals surface area contributed by atoms with Gasteiger partial charge in [0.25, 0.3) is 11.8 Å². The first kappa shape index (κ1) is 78.4. The van der Waals surface area contributed by atoms with Crippen LogP contribution in [0, 0.1) is 37.5 Å². The maximum Gasteiger partial charge on any atom is 1.00 e. The number of aromatic nitrogens is 6. The number of amides is 2. The van der Waals surface area contributed by atoms with Crippen LogP contribution >= 0.6 is 0 Å². The van der Waals surface area contributed by atoms with E-state index < -0.39 is 58.8 Å². The molecule has 31 heteroatoms. The molecule has 503 valence electrons. The minimum atomic E-state index is -4.73. The van der Waals surface area contributed by atoms with Crippen LogP contribution < -0.4 is 51.2 Å². The van der Waals surface area contributed by atoms with Gasteiger partial charge in [0.1, 0.15) is 11.4 Å². The summed E-state index contributed by atoms with van der Waals surface area (Å²) in [5, 5.41) is 16.6. The quantitative estimate of drug-likeness (QED) is 0.0248. The number of ether oxygens (including phenoxy) is 2. The Labute approximate surface area is 577 Å². The van der Waals surface area contributed by atoms with E-state index in [4.69, 9.17) is 15.2 Å². The third-order valence-electron chi connectivity index (χ3n) is 13.6. The fourth-order valence-corrected chi connectivity index (χ4v) is 8.76. The maximum atomic E-state index is 13.9. The third-order valence-corrected chi connectivity index (χ3v) is 13.6. The van der Waals surface area contributed by atoms with Crippen molar-refractivity contribution in [2.75, 3.05) is 89.4 Å². The van der Waals surface area contributed by atoms with Gasteiger partial charge in [0.15, 0.2) is 17.6 Å². The number of nitrogens with one attached hydrogen (secondary N) is 3. The first-order valence-electron chi connectivity index (χ1n) is 29.4. The van der Waals surface area contributed by atoms with E-state index in [9.17, 15) is 55.1 Å². The summed E-state index contributed by atoms with van der Waals surface area (Å²) >= 11 is 0. The van der Waals surface area contributed by atoms with Crippen molar-refractivity contribution in [3.8, 4) is 23.7 Å². The molecule has 2 saturated heterocycles. The molecule has 6 heterocycles. The molecule has 0 unspecified atom stereocenters. The Morgan fingerprint density at radius 1 is 0.619 bits per heavy atom. The number of alkyl halides is 6. The maximum absolute atomic E-state index is 13.9. The van der Waals surface area contributed by atoms with E-state index >= 15 is 0 Å². The first-order valence-corrected chi connectivity index (χ1v) is 29.4. The Balaban J connectivity index is 0.000000268. The second kappa shape index (κ2) is 39.0. The zero-order valence-electron chi connectivity index (χ0n) is 53.8. The molecule has 4 aromatic heterocycles. The fourth-order valence-electron chi connectivity index (χ4n) is 8.76. The molecule has 97 heavy (non-hydrogen) atoms. The molecule has 0 saturated carbocycles. The number of morpholine rings is 2. The van der Waals surface area contributed by atoms with Crippen molar-refractivity contribution >= 4 is 66.7 Å².